The first-order chi connectivity index (χ1) is 8.79. The van der Waals surface area contributed by atoms with E-state index in [0.29, 0.717) is 6.04 Å². The van der Waals surface area contributed by atoms with Crippen LogP contribution in [0.1, 0.15) is 37.6 Å². The summed E-state index contributed by atoms with van der Waals surface area (Å²) in [5.74, 6) is 1.00. The van der Waals surface area contributed by atoms with Crippen LogP contribution in [-0.2, 0) is 6.42 Å². The summed E-state index contributed by atoms with van der Waals surface area (Å²) in [6.07, 6.45) is 3.90. The summed E-state index contributed by atoms with van der Waals surface area (Å²) in [7, 11) is 0. The molecule has 0 spiro atoms. The minimum absolute atomic E-state index is 0.258. The largest absolute Gasteiger partial charge is 0.468 e. The Morgan fingerprint density at radius 1 is 1.11 bits per heavy atom. The van der Waals surface area contributed by atoms with Crippen LogP contribution >= 0.6 is 0 Å². The lowest BCUT2D eigenvalue weighted by Crippen LogP contribution is -2.32. The van der Waals surface area contributed by atoms with E-state index in [4.69, 9.17) is 4.42 Å². The minimum Gasteiger partial charge on any atom is -0.468 e. The van der Waals surface area contributed by atoms with Gasteiger partial charge in [0.05, 0.1) is 12.3 Å². The van der Waals surface area contributed by atoms with Crippen LogP contribution in [-0.4, -0.2) is 6.04 Å². The molecule has 2 heteroatoms. The molecule has 1 aromatic heterocycles. The average Bonchev–Trinajstić information content (AvgIpc) is 2.93. The van der Waals surface area contributed by atoms with Crippen molar-refractivity contribution in [2.75, 3.05) is 0 Å². The second-order valence-corrected chi connectivity index (χ2v) is 4.70. The van der Waals surface area contributed by atoms with Crippen molar-refractivity contribution in [3.8, 4) is 0 Å². The molecular weight excluding hydrogens is 222 g/mol. The summed E-state index contributed by atoms with van der Waals surface area (Å²) >= 11 is 0. The van der Waals surface area contributed by atoms with E-state index in [1.54, 1.807) is 6.26 Å². The van der Waals surface area contributed by atoms with E-state index < -0.39 is 0 Å². The van der Waals surface area contributed by atoms with Crippen molar-refractivity contribution < 1.29 is 4.42 Å². The average molecular weight is 243 g/mol. The maximum absolute atomic E-state index is 5.43. The third-order valence-corrected chi connectivity index (χ3v) is 3.27. The summed E-state index contributed by atoms with van der Waals surface area (Å²) < 4.78 is 5.43. The molecule has 96 valence electrons. The van der Waals surface area contributed by atoms with Gasteiger partial charge in [-0.05, 0) is 37.5 Å². The topological polar surface area (TPSA) is 25.2 Å². The van der Waals surface area contributed by atoms with Crippen molar-refractivity contribution in [3.05, 3.63) is 60.1 Å². The quantitative estimate of drug-likeness (QED) is 0.831. The standard InChI is InChI=1S/C16H21NO/c1-3-15(12-14-8-5-4-6-9-14)17-13(2)16-10-7-11-18-16/h4-11,13,15,17H,3,12H2,1-2H3/t13-,15?/m0/s1. The van der Waals surface area contributed by atoms with Crippen molar-refractivity contribution in [3.63, 3.8) is 0 Å². The van der Waals surface area contributed by atoms with Gasteiger partial charge in [0.15, 0.2) is 0 Å². The van der Waals surface area contributed by atoms with Crippen LogP contribution in [0.5, 0.6) is 0 Å². The van der Waals surface area contributed by atoms with Crippen LogP contribution in [0.2, 0.25) is 0 Å². The molecule has 2 nitrogen and oxygen atoms in total. The highest BCUT2D eigenvalue weighted by molar-refractivity contribution is 5.16. The Bertz CT molecular complexity index is 435. The molecule has 0 saturated heterocycles. The smallest absolute Gasteiger partial charge is 0.120 e. The maximum atomic E-state index is 5.43. The van der Waals surface area contributed by atoms with E-state index in [1.807, 2.05) is 12.1 Å². The summed E-state index contributed by atoms with van der Waals surface area (Å²) in [6, 6.07) is 15.3. The zero-order valence-corrected chi connectivity index (χ0v) is 11.1. The van der Waals surface area contributed by atoms with E-state index >= 15 is 0 Å². The first-order valence-electron chi connectivity index (χ1n) is 6.63. The number of hydrogen-bond donors (Lipinski definition) is 1. The Morgan fingerprint density at radius 3 is 2.50 bits per heavy atom. The van der Waals surface area contributed by atoms with Crippen LogP contribution in [0.4, 0.5) is 0 Å². The Kier molecular flexibility index (Phi) is 4.59. The van der Waals surface area contributed by atoms with Gasteiger partial charge in [-0.15, -0.1) is 0 Å². The fourth-order valence-electron chi connectivity index (χ4n) is 2.19. The molecule has 1 heterocycles. The van der Waals surface area contributed by atoms with Crippen molar-refractivity contribution >= 4 is 0 Å². The predicted octanol–water partition coefficient (Wildman–Crippen LogP) is 3.95. The zero-order valence-electron chi connectivity index (χ0n) is 11.1. The predicted molar refractivity (Wildman–Crippen MR) is 74.5 cm³/mol. The van der Waals surface area contributed by atoms with Gasteiger partial charge in [0.25, 0.3) is 0 Å². The minimum atomic E-state index is 0.258. The van der Waals surface area contributed by atoms with Crippen LogP contribution in [0.25, 0.3) is 0 Å². The molecule has 1 N–H and O–H groups in total. The number of benzene rings is 1. The summed E-state index contributed by atoms with van der Waals surface area (Å²) in [5.41, 5.74) is 1.38. The van der Waals surface area contributed by atoms with Crippen molar-refractivity contribution in [1.82, 2.24) is 5.32 Å². The Labute approximate surface area is 109 Å². The van der Waals surface area contributed by atoms with Gasteiger partial charge >= 0.3 is 0 Å². The molecule has 18 heavy (non-hydrogen) atoms. The number of rotatable bonds is 6. The summed E-state index contributed by atoms with van der Waals surface area (Å²) in [4.78, 5) is 0. The molecule has 0 bridgehead atoms. The van der Waals surface area contributed by atoms with Crippen molar-refractivity contribution in [2.24, 2.45) is 0 Å². The second-order valence-electron chi connectivity index (χ2n) is 4.70. The Morgan fingerprint density at radius 2 is 1.89 bits per heavy atom. The van der Waals surface area contributed by atoms with E-state index in [-0.39, 0.29) is 6.04 Å². The molecular formula is C16H21NO. The molecule has 0 amide bonds. The maximum Gasteiger partial charge on any atom is 0.120 e. The van der Waals surface area contributed by atoms with Gasteiger partial charge in [-0.2, -0.15) is 0 Å². The SMILES string of the molecule is CCC(Cc1ccccc1)N[C@@H](C)c1ccco1. The molecule has 2 atom stereocenters. The van der Waals surface area contributed by atoms with Gasteiger partial charge in [0.1, 0.15) is 5.76 Å². The molecule has 1 aromatic carbocycles. The molecule has 0 saturated carbocycles. The van der Waals surface area contributed by atoms with E-state index in [2.05, 4.69) is 49.5 Å². The molecule has 1 unspecified atom stereocenters. The fraction of sp³-hybridized carbons (Fsp3) is 0.375. The van der Waals surface area contributed by atoms with Gasteiger partial charge < -0.3 is 9.73 Å². The number of furan rings is 1. The first-order valence-corrected chi connectivity index (χ1v) is 6.63. The Balaban J connectivity index is 1.93. The van der Waals surface area contributed by atoms with E-state index in [0.717, 1.165) is 18.6 Å². The summed E-state index contributed by atoms with van der Waals surface area (Å²) in [6.45, 7) is 4.36. The Hall–Kier alpha value is -1.54. The van der Waals surface area contributed by atoms with Gasteiger partial charge in [0.2, 0.25) is 0 Å². The highest BCUT2D eigenvalue weighted by atomic mass is 16.3. The highest BCUT2D eigenvalue weighted by Crippen LogP contribution is 2.15. The van der Waals surface area contributed by atoms with Crippen LogP contribution in [0.3, 0.4) is 0 Å². The van der Waals surface area contributed by atoms with E-state index in [9.17, 15) is 0 Å². The molecule has 0 aliphatic rings. The van der Waals surface area contributed by atoms with Crippen molar-refractivity contribution in [2.45, 2.75) is 38.8 Å². The van der Waals surface area contributed by atoms with E-state index in [1.165, 1.54) is 5.56 Å². The van der Waals surface area contributed by atoms with Gasteiger partial charge in [-0.1, -0.05) is 37.3 Å². The fourth-order valence-corrected chi connectivity index (χ4v) is 2.19. The normalized spacial score (nSPS) is 14.3. The molecule has 2 aromatic rings. The lowest BCUT2D eigenvalue weighted by atomic mass is 10.0. The third-order valence-electron chi connectivity index (χ3n) is 3.27. The van der Waals surface area contributed by atoms with Crippen LogP contribution < -0.4 is 5.32 Å². The second kappa shape index (κ2) is 6.41. The van der Waals surface area contributed by atoms with Gasteiger partial charge in [0, 0.05) is 6.04 Å². The molecule has 2 rings (SSSR count). The molecule has 0 aliphatic heterocycles. The monoisotopic (exact) mass is 243 g/mol. The molecule has 0 fully saturated rings. The van der Waals surface area contributed by atoms with Crippen LogP contribution in [0, 0.1) is 0 Å². The van der Waals surface area contributed by atoms with Gasteiger partial charge in [-0.3, -0.25) is 0 Å². The molecule has 0 aliphatic carbocycles. The lowest BCUT2D eigenvalue weighted by Gasteiger charge is -2.21. The van der Waals surface area contributed by atoms with Crippen LogP contribution in [0.15, 0.2) is 53.1 Å². The summed E-state index contributed by atoms with van der Waals surface area (Å²) in [5, 5.41) is 3.62. The lowest BCUT2D eigenvalue weighted by molar-refractivity contribution is 0.380. The number of hydrogen-bond acceptors (Lipinski definition) is 2. The highest BCUT2D eigenvalue weighted by Gasteiger charge is 2.13. The zero-order chi connectivity index (χ0) is 12.8. The van der Waals surface area contributed by atoms with Gasteiger partial charge in [-0.25, -0.2) is 0 Å². The third kappa shape index (κ3) is 3.47. The van der Waals surface area contributed by atoms with Crippen molar-refractivity contribution in [1.29, 1.82) is 0 Å². The first kappa shape index (κ1) is 12.9. The number of nitrogens with one attached hydrogen (secondary N) is 1. The molecule has 0 radical (unpaired) electrons.